The van der Waals surface area contributed by atoms with Crippen molar-refractivity contribution in [3.63, 3.8) is 0 Å². The highest BCUT2D eigenvalue weighted by molar-refractivity contribution is 9.10. The van der Waals surface area contributed by atoms with Gasteiger partial charge in [0.05, 0.1) is 5.56 Å². The molecule has 4 rings (SSSR count). The van der Waals surface area contributed by atoms with Crippen molar-refractivity contribution in [1.29, 1.82) is 0 Å². The van der Waals surface area contributed by atoms with Crippen molar-refractivity contribution in [2.24, 2.45) is 0 Å². The normalized spacial score (nSPS) is 11.6. The summed E-state index contributed by atoms with van der Waals surface area (Å²) in [4.78, 5) is 12.4. The maximum atomic E-state index is 12.9. The highest BCUT2D eigenvalue weighted by Crippen LogP contribution is 2.32. The SMILES string of the molecule is O=C(NCc1ccc2cc(Br)ccc2c1)c1ccc(-c2cccc(C(F)(F)F)c2)o1. The lowest BCUT2D eigenvalue weighted by Crippen LogP contribution is -2.22. The highest BCUT2D eigenvalue weighted by Gasteiger charge is 2.30. The van der Waals surface area contributed by atoms with Gasteiger partial charge >= 0.3 is 6.18 Å². The van der Waals surface area contributed by atoms with Crippen LogP contribution in [0.2, 0.25) is 0 Å². The molecule has 0 aliphatic rings. The third-order valence-electron chi connectivity index (χ3n) is 4.62. The Labute approximate surface area is 178 Å². The van der Waals surface area contributed by atoms with E-state index >= 15 is 0 Å². The lowest BCUT2D eigenvalue weighted by molar-refractivity contribution is -0.137. The Bertz CT molecular complexity index is 1230. The van der Waals surface area contributed by atoms with Crippen LogP contribution in [0.5, 0.6) is 0 Å². The van der Waals surface area contributed by atoms with Crippen molar-refractivity contribution < 1.29 is 22.4 Å². The van der Waals surface area contributed by atoms with Crippen LogP contribution >= 0.6 is 15.9 Å². The number of fused-ring (bicyclic) bond motifs is 1. The Morgan fingerprint density at radius 3 is 2.50 bits per heavy atom. The van der Waals surface area contributed by atoms with E-state index in [0.717, 1.165) is 32.9 Å². The molecule has 0 unspecified atom stereocenters. The second kappa shape index (κ2) is 7.99. The van der Waals surface area contributed by atoms with Gasteiger partial charge in [-0.15, -0.1) is 0 Å². The Balaban J connectivity index is 1.46. The van der Waals surface area contributed by atoms with Crippen LogP contribution in [0.3, 0.4) is 0 Å². The fourth-order valence-electron chi connectivity index (χ4n) is 3.11. The van der Waals surface area contributed by atoms with Gasteiger partial charge in [0.1, 0.15) is 5.76 Å². The number of benzene rings is 3. The Morgan fingerprint density at radius 2 is 1.70 bits per heavy atom. The molecule has 0 spiro atoms. The molecule has 0 fully saturated rings. The van der Waals surface area contributed by atoms with Crippen LogP contribution in [0.1, 0.15) is 21.7 Å². The summed E-state index contributed by atoms with van der Waals surface area (Å²) in [5.74, 6) is -0.209. The number of hydrogen-bond donors (Lipinski definition) is 1. The molecule has 0 radical (unpaired) electrons. The minimum absolute atomic E-state index is 0.0344. The molecular formula is C23H15BrF3NO2. The maximum absolute atomic E-state index is 12.9. The van der Waals surface area contributed by atoms with Gasteiger partial charge in [-0.05, 0) is 58.8 Å². The summed E-state index contributed by atoms with van der Waals surface area (Å²) in [6, 6.07) is 19.5. The van der Waals surface area contributed by atoms with Gasteiger partial charge in [-0.2, -0.15) is 13.2 Å². The molecule has 1 N–H and O–H groups in total. The van der Waals surface area contributed by atoms with Crippen LogP contribution in [0.15, 0.2) is 81.7 Å². The molecule has 152 valence electrons. The summed E-state index contributed by atoms with van der Waals surface area (Å²) in [5.41, 5.74) is 0.401. The predicted octanol–water partition coefficient (Wildman–Crippen LogP) is 6.81. The van der Waals surface area contributed by atoms with E-state index in [1.54, 1.807) is 0 Å². The molecule has 0 atom stereocenters. The van der Waals surface area contributed by atoms with Crippen LogP contribution in [0, 0.1) is 0 Å². The molecule has 4 aromatic rings. The minimum atomic E-state index is -4.45. The van der Waals surface area contributed by atoms with E-state index in [9.17, 15) is 18.0 Å². The molecule has 7 heteroatoms. The third-order valence-corrected chi connectivity index (χ3v) is 5.12. The molecule has 1 aromatic heterocycles. The second-order valence-corrected chi connectivity index (χ2v) is 7.67. The Kier molecular flexibility index (Phi) is 5.39. The number of carbonyl (C=O) groups is 1. The first kappa shape index (κ1) is 20.2. The summed E-state index contributed by atoms with van der Waals surface area (Å²) < 4.78 is 45.2. The molecule has 0 bridgehead atoms. The molecule has 1 heterocycles. The summed E-state index contributed by atoms with van der Waals surface area (Å²) in [5, 5.41) is 4.90. The van der Waals surface area contributed by atoms with Crippen LogP contribution in [0.25, 0.3) is 22.1 Å². The van der Waals surface area contributed by atoms with Crippen molar-refractivity contribution in [2.75, 3.05) is 0 Å². The zero-order valence-electron chi connectivity index (χ0n) is 15.5. The van der Waals surface area contributed by atoms with E-state index in [4.69, 9.17) is 4.42 Å². The molecule has 30 heavy (non-hydrogen) atoms. The largest absolute Gasteiger partial charge is 0.451 e. The zero-order valence-corrected chi connectivity index (χ0v) is 17.0. The van der Waals surface area contributed by atoms with Crippen LogP contribution in [-0.4, -0.2) is 5.91 Å². The number of amides is 1. The molecule has 3 aromatic carbocycles. The number of rotatable bonds is 4. The summed E-state index contributed by atoms with van der Waals surface area (Å²) >= 11 is 3.44. The summed E-state index contributed by atoms with van der Waals surface area (Å²) in [6.45, 7) is 0.296. The number of alkyl halides is 3. The maximum Gasteiger partial charge on any atom is 0.416 e. The first-order chi connectivity index (χ1) is 14.3. The first-order valence-electron chi connectivity index (χ1n) is 9.03. The molecule has 1 amide bonds. The van der Waals surface area contributed by atoms with E-state index in [1.807, 2.05) is 36.4 Å². The van der Waals surface area contributed by atoms with Crippen LogP contribution in [-0.2, 0) is 12.7 Å². The molecule has 0 aliphatic carbocycles. The fraction of sp³-hybridized carbons (Fsp3) is 0.0870. The molecule has 0 saturated heterocycles. The summed E-state index contributed by atoms with van der Waals surface area (Å²) in [7, 11) is 0. The summed E-state index contributed by atoms with van der Waals surface area (Å²) in [6.07, 6.45) is -4.45. The van der Waals surface area contributed by atoms with Crippen molar-refractivity contribution >= 4 is 32.6 Å². The topological polar surface area (TPSA) is 42.2 Å². The number of furan rings is 1. The van der Waals surface area contributed by atoms with Crippen molar-refractivity contribution in [1.82, 2.24) is 5.32 Å². The van der Waals surface area contributed by atoms with Gasteiger partial charge in [0.15, 0.2) is 5.76 Å². The van der Waals surface area contributed by atoms with Gasteiger partial charge in [0.25, 0.3) is 5.91 Å². The molecular weight excluding hydrogens is 459 g/mol. The van der Waals surface area contributed by atoms with Gasteiger partial charge in [-0.1, -0.05) is 46.3 Å². The second-order valence-electron chi connectivity index (χ2n) is 6.75. The highest BCUT2D eigenvalue weighted by atomic mass is 79.9. The van der Waals surface area contributed by atoms with Crippen molar-refractivity contribution in [2.45, 2.75) is 12.7 Å². The molecule has 0 aliphatic heterocycles. The van der Waals surface area contributed by atoms with E-state index in [1.165, 1.54) is 24.3 Å². The number of nitrogens with one attached hydrogen (secondary N) is 1. The van der Waals surface area contributed by atoms with Gasteiger partial charge in [0.2, 0.25) is 0 Å². The average molecular weight is 474 g/mol. The lowest BCUT2D eigenvalue weighted by atomic mass is 10.1. The van der Waals surface area contributed by atoms with Crippen molar-refractivity contribution in [3.8, 4) is 11.3 Å². The van der Waals surface area contributed by atoms with E-state index in [2.05, 4.69) is 21.2 Å². The van der Waals surface area contributed by atoms with E-state index < -0.39 is 17.6 Å². The minimum Gasteiger partial charge on any atom is -0.451 e. The average Bonchev–Trinajstić information content (AvgIpc) is 3.22. The van der Waals surface area contributed by atoms with Gasteiger partial charge in [0, 0.05) is 16.6 Å². The Morgan fingerprint density at radius 1 is 0.933 bits per heavy atom. The Hall–Kier alpha value is -3.06. The van der Waals surface area contributed by atoms with Gasteiger partial charge in [-0.3, -0.25) is 4.79 Å². The quantitative estimate of drug-likeness (QED) is 0.353. The van der Waals surface area contributed by atoms with Crippen LogP contribution in [0.4, 0.5) is 13.2 Å². The van der Waals surface area contributed by atoms with Gasteiger partial charge < -0.3 is 9.73 Å². The predicted molar refractivity (Wildman–Crippen MR) is 112 cm³/mol. The number of carbonyl (C=O) groups excluding carboxylic acids is 1. The first-order valence-corrected chi connectivity index (χ1v) is 9.83. The zero-order chi connectivity index (χ0) is 21.3. The smallest absolute Gasteiger partial charge is 0.416 e. The van der Waals surface area contributed by atoms with Crippen LogP contribution < -0.4 is 5.32 Å². The number of hydrogen-bond acceptors (Lipinski definition) is 2. The van der Waals surface area contributed by atoms with Crippen molar-refractivity contribution in [3.05, 3.63) is 94.2 Å². The molecule has 3 nitrogen and oxygen atoms in total. The fourth-order valence-corrected chi connectivity index (χ4v) is 3.49. The molecule has 0 saturated carbocycles. The standard InChI is InChI=1S/C23H15BrF3NO2/c24-19-7-6-15-10-14(4-5-16(15)12-19)13-28-22(29)21-9-8-20(30-21)17-2-1-3-18(11-17)23(25,26)27/h1-12H,13H2,(H,28,29). The third kappa shape index (κ3) is 4.41. The van der Waals surface area contributed by atoms with Gasteiger partial charge in [-0.25, -0.2) is 0 Å². The van der Waals surface area contributed by atoms with E-state index in [-0.39, 0.29) is 17.1 Å². The monoisotopic (exact) mass is 473 g/mol. The lowest BCUT2D eigenvalue weighted by Gasteiger charge is -2.07. The number of halogens is 4. The van der Waals surface area contributed by atoms with E-state index in [0.29, 0.717) is 6.54 Å².